The Bertz CT molecular complexity index is 254. The molecular formula is C10H19N3O2S. The summed E-state index contributed by atoms with van der Waals surface area (Å²) in [6.45, 7) is 4.48. The van der Waals surface area contributed by atoms with Crippen LogP contribution in [-0.2, 0) is 4.74 Å². The molecule has 2 amide bonds. The van der Waals surface area contributed by atoms with Gasteiger partial charge < -0.3 is 20.7 Å². The van der Waals surface area contributed by atoms with Gasteiger partial charge >= 0.3 is 6.03 Å². The summed E-state index contributed by atoms with van der Waals surface area (Å²) in [5.41, 5.74) is 5.57. The Morgan fingerprint density at radius 2 is 2.19 bits per heavy atom. The summed E-state index contributed by atoms with van der Waals surface area (Å²) in [5.74, 6) is 0. The first-order valence-electron chi connectivity index (χ1n) is 5.57. The average Bonchev–Trinajstić information content (AvgIpc) is 2.29. The van der Waals surface area contributed by atoms with Gasteiger partial charge in [-0.3, -0.25) is 0 Å². The van der Waals surface area contributed by atoms with Gasteiger partial charge in [0.1, 0.15) is 0 Å². The predicted molar refractivity (Wildman–Crippen MR) is 66.4 cm³/mol. The summed E-state index contributed by atoms with van der Waals surface area (Å²) in [7, 11) is 0. The van der Waals surface area contributed by atoms with Crippen molar-refractivity contribution < 1.29 is 9.53 Å². The first kappa shape index (κ1) is 13.2. The Kier molecular flexibility index (Phi) is 5.48. The van der Waals surface area contributed by atoms with Crippen molar-refractivity contribution in [3.05, 3.63) is 0 Å². The highest BCUT2D eigenvalue weighted by molar-refractivity contribution is 7.80. The van der Waals surface area contributed by atoms with Crippen molar-refractivity contribution in [2.24, 2.45) is 5.73 Å². The molecule has 0 aromatic heterocycles. The number of nitrogens with one attached hydrogen (secondary N) is 1. The summed E-state index contributed by atoms with van der Waals surface area (Å²) in [6, 6.07) is -0.301. The number of ether oxygens (including phenoxy) is 1. The number of morpholine rings is 1. The second-order valence-electron chi connectivity index (χ2n) is 3.79. The third-order valence-electron chi connectivity index (χ3n) is 2.52. The zero-order valence-electron chi connectivity index (χ0n) is 9.57. The molecule has 92 valence electrons. The standard InChI is InChI=1S/C10H19N3O2S/c1-2-3-8(9(11)16)12-10(14)13-4-6-15-7-5-13/h8H,2-7H2,1H3,(H2,11,16)(H,12,14). The molecule has 0 spiro atoms. The molecule has 5 nitrogen and oxygen atoms in total. The number of thiocarbonyl (C=S) groups is 1. The Morgan fingerprint density at radius 3 is 2.69 bits per heavy atom. The lowest BCUT2D eigenvalue weighted by Gasteiger charge is -2.29. The van der Waals surface area contributed by atoms with Crippen molar-refractivity contribution in [1.29, 1.82) is 0 Å². The molecule has 0 radical (unpaired) electrons. The maximum absolute atomic E-state index is 11.8. The maximum Gasteiger partial charge on any atom is 0.318 e. The number of nitrogens with zero attached hydrogens (tertiary/aromatic N) is 1. The van der Waals surface area contributed by atoms with E-state index in [1.165, 1.54) is 0 Å². The Labute approximate surface area is 101 Å². The number of carbonyl (C=O) groups excluding carboxylic acids is 1. The molecule has 1 unspecified atom stereocenters. The number of hydrogen-bond acceptors (Lipinski definition) is 3. The van der Waals surface area contributed by atoms with Crippen LogP contribution >= 0.6 is 12.2 Å². The molecule has 0 aromatic rings. The quantitative estimate of drug-likeness (QED) is 0.707. The molecule has 0 bridgehead atoms. The highest BCUT2D eigenvalue weighted by Gasteiger charge is 2.20. The van der Waals surface area contributed by atoms with Crippen molar-refractivity contribution in [2.75, 3.05) is 26.3 Å². The van der Waals surface area contributed by atoms with E-state index in [0.29, 0.717) is 31.3 Å². The fourth-order valence-electron chi connectivity index (χ4n) is 1.58. The minimum atomic E-state index is -0.199. The van der Waals surface area contributed by atoms with Crippen LogP contribution in [0.15, 0.2) is 0 Å². The minimum Gasteiger partial charge on any atom is -0.392 e. The van der Waals surface area contributed by atoms with E-state index in [1.807, 2.05) is 6.92 Å². The van der Waals surface area contributed by atoms with Gasteiger partial charge in [-0.1, -0.05) is 25.6 Å². The maximum atomic E-state index is 11.8. The molecule has 0 aliphatic carbocycles. The number of nitrogens with two attached hydrogens (primary N) is 1. The van der Waals surface area contributed by atoms with Crippen molar-refractivity contribution in [3.8, 4) is 0 Å². The number of carbonyl (C=O) groups is 1. The van der Waals surface area contributed by atoms with Crippen LogP contribution < -0.4 is 11.1 Å². The monoisotopic (exact) mass is 245 g/mol. The fraction of sp³-hybridized carbons (Fsp3) is 0.800. The summed E-state index contributed by atoms with van der Waals surface area (Å²) < 4.78 is 5.18. The van der Waals surface area contributed by atoms with Gasteiger partial charge in [-0.2, -0.15) is 0 Å². The molecular weight excluding hydrogens is 226 g/mol. The predicted octanol–water partition coefficient (Wildman–Crippen LogP) is 0.483. The van der Waals surface area contributed by atoms with Crippen molar-refractivity contribution in [2.45, 2.75) is 25.8 Å². The van der Waals surface area contributed by atoms with E-state index in [9.17, 15) is 4.79 Å². The highest BCUT2D eigenvalue weighted by atomic mass is 32.1. The zero-order chi connectivity index (χ0) is 12.0. The van der Waals surface area contributed by atoms with E-state index in [2.05, 4.69) is 5.32 Å². The van der Waals surface area contributed by atoms with Gasteiger partial charge in [0.05, 0.1) is 24.2 Å². The van der Waals surface area contributed by atoms with E-state index in [-0.39, 0.29) is 12.1 Å². The van der Waals surface area contributed by atoms with E-state index in [1.54, 1.807) is 4.90 Å². The molecule has 0 saturated carbocycles. The van der Waals surface area contributed by atoms with Gasteiger partial charge in [0.25, 0.3) is 0 Å². The van der Waals surface area contributed by atoms with Crippen molar-refractivity contribution in [3.63, 3.8) is 0 Å². The van der Waals surface area contributed by atoms with Crippen LogP contribution in [0.5, 0.6) is 0 Å². The van der Waals surface area contributed by atoms with E-state index in [4.69, 9.17) is 22.7 Å². The first-order chi connectivity index (χ1) is 7.65. The molecule has 1 atom stereocenters. The number of rotatable bonds is 4. The molecule has 1 heterocycles. The first-order valence-corrected chi connectivity index (χ1v) is 5.98. The summed E-state index contributed by atoms with van der Waals surface area (Å²) in [6.07, 6.45) is 1.72. The topological polar surface area (TPSA) is 67.6 Å². The van der Waals surface area contributed by atoms with Gasteiger partial charge in [0.15, 0.2) is 0 Å². The lowest BCUT2D eigenvalue weighted by molar-refractivity contribution is 0.0529. The van der Waals surface area contributed by atoms with Crippen LogP contribution in [-0.4, -0.2) is 48.3 Å². The number of hydrogen-bond donors (Lipinski definition) is 2. The average molecular weight is 245 g/mol. The Balaban J connectivity index is 2.43. The number of amides is 2. The molecule has 1 saturated heterocycles. The molecule has 1 aliphatic rings. The fourth-order valence-corrected chi connectivity index (χ4v) is 1.76. The normalized spacial score (nSPS) is 17.9. The third kappa shape index (κ3) is 3.94. The second kappa shape index (κ2) is 6.65. The minimum absolute atomic E-state index is 0.102. The molecule has 3 N–H and O–H groups in total. The van der Waals surface area contributed by atoms with Gasteiger partial charge in [0, 0.05) is 13.1 Å². The summed E-state index contributed by atoms with van der Waals surface area (Å²) in [5, 5.41) is 2.85. The summed E-state index contributed by atoms with van der Waals surface area (Å²) >= 11 is 4.92. The van der Waals surface area contributed by atoms with Crippen LogP contribution in [0.25, 0.3) is 0 Å². The van der Waals surface area contributed by atoms with Gasteiger partial charge in [-0.05, 0) is 6.42 Å². The summed E-state index contributed by atoms with van der Waals surface area (Å²) in [4.78, 5) is 13.9. The van der Waals surface area contributed by atoms with Crippen LogP contribution in [0.4, 0.5) is 4.79 Å². The van der Waals surface area contributed by atoms with Crippen LogP contribution in [0, 0.1) is 0 Å². The van der Waals surface area contributed by atoms with Gasteiger partial charge in [0.2, 0.25) is 0 Å². The van der Waals surface area contributed by atoms with E-state index >= 15 is 0 Å². The lowest BCUT2D eigenvalue weighted by Crippen LogP contribution is -2.52. The van der Waals surface area contributed by atoms with E-state index < -0.39 is 0 Å². The number of urea groups is 1. The molecule has 0 aromatic carbocycles. The highest BCUT2D eigenvalue weighted by Crippen LogP contribution is 2.01. The van der Waals surface area contributed by atoms with Crippen LogP contribution in [0.1, 0.15) is 19.8 Å². The molecule has 1 aliphatic heterocycles. The molecule has 6 heteroatoms. The molecule has 1 fully saturated rings. The SMILES string of the molecule is CCCC(NC(=O)N1CCOCC1)C(N)=S. The Morgan fingerprint density at radius 1 is 1.56 bits per heavy atom. The second-order valence-corrected chi connectivity index (χ2v) is 4.26. The smallest absolute Gasteiger partial charge is 0.318 e. The molecule has 1 rings (SSSR count). The largest absolute Gasteiger partial charge is 0.392 e. The van der Waals surface area contributed by atoms with Gasteiger partial charge in [-0.25, -0.2) is 4.79 Å². The third-order valence-corrected chi connectivity index (χ3v) is 2.80. The van der Waals surface area contributed by atoms with Crippen LogP contribution in [0.2, 0.25) is 0 Å². The Hall–Kier alpha value is -0.880. The zero-order valence-corrected chi connectivity index (χ0v) is 10.4. The van der Waals surface area contributed by atoms with Crippen molar-refractivity contribution >= 4 is 23.2 Å². The van der Waals surface area contributed by atoms with Crippen LogP contribution in [0.3, 0.4) is 0 Å². The molecule has 16 heavy (non-hydrogen) atoms. The van der Waals surface area contributed by atoms with E-state index in [0.717, 1.165) is 12.8 Å². The lowest BCUT2D eigenvalue weighted by atomic mass is 10.2. The van der Waals surface area contributed by atoms with Crippen molar-refractivity contribution in [1.82, 2.24) is 10.2 Å². The van der Waals surface area contributed by atoms with Gasteiger partial charge in [-0.15, -0.1) is 0 Å².